The van der Waals surface area contributed by atoms with Crippen LogP contribution in [0.2, 0.25) is 0 Å². The first-order valence-corrected chi connectivity index (χ1v) is 12.6. The van der Waals surface area contributed by atoms with Gasteiger partial charge >= 0.3 is 0 Å². The third kappa shape index (κ3) is 5.33. The van der Waals surface area contributed by atoms with Crippen molar-refractivity contribution in [3.63, 3.8) is 0 Å². The van der Waals surface area contributed by atoms with Gasteiger partial charge in [-0.05, 0) is 80.2 Å². The van der Waals surface area contributed by atoms with Gasteiger partial charge in [0.2, 0.25) is 0 Å². The van der Waals surface area contributed by atoms with Gasteiger partial charge in [0.1, 0.15) is 23.9 Å². The second kappa shape index (κ2) is 10.6. The summed E-state index contributed by atoms with van der Waals surface area (Å²) in [7, 11) is 1.79. The van der Waals surface area contributed by atoms with E-state index >= 15 is 4.39 Å². The molecule has 5 rings (SSSR count). The van der Waals surface area contributed by atoms with Crippen molar-refractivity contribution in [2.24, 2.45) is 12.0 Å². The Labute approximate surface area is 211 Å². The maximum Gasteiger partial charge on any atom is 0.274 e. The van der Waals surface area contributed by atoms with Gasteiger partial charge in [-0.15, -0.1) is 0 Å². The summed E-state index contributed by atoms with van der Waals surface area (Å²) >= 11 is 0. The fraction of sp³-hybridized carbons (Fsp3) is 0.393. The number of hydrogen-bond acceptors (Lipinski definition) is 5. The predicted molar refractivity (Wildman–Crippen MR) is 139 cm³/mol. The van der Waals surface area contributed by atoms with E-state index in [0.717, 1.165) is 37.4 Å². The van der Waals surface area contributed by atoms with Crippen LogP contribution in [0, 0.1) is 5.82 Å². The molecule has 0 spiro atoms. The van der Waals surface area contributed by atoms with Crippen LogP contribution < -0.4 is 10.1 Å². The molecule has 1 atom stereocenters. The van der Waals surface area contributed by atoms with Gasteiger partial charge in [-0.2, -0.15) is 5.10 Å². The number of hydrogen-bond donors (Lipinski definition) is 1. The third-order valence-corrected chi connectivity index (χ3v) is 6.98. The Morgan fingerprint density at radius 1 is 1.17 bits per heavy atom. The molecule has 1 amide bonds. The number of rotatable bonds is 7. The van der Waals surface area contributed by atoms with Crippen LogP contribution >= 0.6 is 0 Å². The second-order valence-electron chi connectivity index (χ2n) is 9.62. The lowest BCUT2D eigenvalue weighted by molar-refractivity contribution is -0.110. The topological polar surface area (TPSA) is 71.8 Å². The van der Waals surface area contributed by atoms with Crippen LogP contribution in [0.3, 0.4) is 0 Å². The molecule has 0 bridgehead atoms. The number of nitrogens with zero attached hydrogens (tertiary/aromatic N) is 4. The highest BCUT2D eigenvalue weighted by molar-refractivity contribution is 6.49. The van der Waals surface area contributed by atoms with E-state index in [0.29, 0.717) is 41.2 Å². The SMILES string of the molecule is C[C@@H]1CCN=C(C(=O)Nc2ccc(OCCN3CCCC3)cc2)c2cc(-c3cnn(C)c3)c(F)cc21. The van der Waals surface area contributed by atoms with Crippen molar-refractivity contribution in [2.75, 3.05) is 38.1 Å². The zero-order chi connectivity index (χ0) is 25.1. The van der Waals surface area contributed by atoms with Gasteiger partial charge in [0, 0.05) is 48.7 Å². The number of ether oxygens (including phenoxy) is 1. The molecule has 36 heavy (non-hydrogen) atoms. The van der Waals surface area contributed by atoms with Gasteiger partial charge in [-0.25, -0.2) is 4.39 Å². The standard InChI is InChI=1S/C28H32FN5O2/c1-19-9-10-30-27(25-15-24(26(29)16-23(19)25)20-17-31-33(2)18-20)28(35)32-21-5-7-22(8-6-21)36-14-13-34-11-3-4-12-34/h5-8,15-19H,3-4,9-14H2,1-2H3,(H,32,35)/t19-/m1/s1. The van der Waals surface area contributed by atoms with Gasteiger partial charge in [0.25, 0.3) is 5.91 Å². The number of aromatic nitrogens is 2. The molecule has 1 N–H and O–H groups in total. The average Bonchev–Trinajstić information content (AvgIpc) is 3.51. The summed E-state index contributed by atoms with van der Waals surface area (Å²) in [5.41, 5.74) is 3.52. The van der Waals surface area contributed by atoms with Crippen LogP contribution in [-0.4, -0.2) is 59.1 Å². The summed E-state index contributed by atoms with van der Waals surface area (Å²) in [5, 5.41) is 7.12. The molecule has 0 unspecified atom stereocenters. The number of halogens is 1. The normalized spacial score (nSPS) is 17.9. The minimum atomic E-state index is -0.324. The molecule has 8 heteroatoms. The van der Waals surface area contributed by atoms with E-state index in [4.69, 9.17) is 4.74 Å². The molecule has 0 aliphatic carbocycles. The number of aliphatic imine (C=N–C) groups is 1. The zero-order valence-corrected chi connectivity index (χ0v) is 20.8. The van der Waals surface area contributed by atoms with Crippen molar-refractivity contribution in [2.45, 2.75) is 32.1 Å². The number of carbonyl (C=O) groups excluding carboxylic acids is 1. The molecule has 7 nitrogen and oxygen atoms in total. The number of anilines is 1. The molecule has 3 aromatic rings. The smallest absolute Gasteiger partial charge is 0.274 e. The summed E-state index contributed by atoms with van der Waals surface area (Å²) in [4.78, 5) is 20.4. The Morgan fingerprint density at radius 3 is 2.67 bits per heavy atom. The predicted octanol–water partition coefficient (Wildman–Crippen LogP) is 4.64. The monoisotopic (exact) mass is 489 g/mol. The molecule has 1 aromatic heterocycles. The molecule has 1 saturated heterocycles. The largest absolute Gasteiger partial charge is 0.492 e. The first-order chi connectivity index (χ1) is 17.5. The Kier molecular flexibility index (Phi) is 7.13. The Balaban J connectivity index is 1.32. The first kappa shape index (κ1) is 24.2. The van der Waals surface area contributed by atoms with Gasteiger partial charge in [-0.3, -0.25) is 19.4 Å². The maximum absolute atomic E-state index is 15.1. The van der Waals surface area contributed by atoms with E-state index in [9.17, 15) is 4.79 Å². The Hall–Kier alpha value is -3.52. The summed E-state index contributed by atoms with van der Waals surface area (Å²) in [6.07, 6.45) is 6.66. The van der Waals surface area contributed by atoms with Crippen LogP contribution in [0.1, 0.15) is 43.2 Å². The first-order valence-electron chi connectivity index (χ1n) is 12.6. The summed E-state index contributed by atoms with van der Waals surface area (Å²) in [5.74, 6) is 0.227. The zero-order valence-electron chi connectivity index (χ0n) is 20.8. The lowest BCUT2D eigenvalue weighted by Crippen LogP contribution is -2.25. The number of amides is 1. The fourth-order valence-corrected chi connectivity index (χ4v) is 4.91. The van der Waals surface area contributed by atoms with Gasteiger partial charge in [-0.1, -0.05) is 6.92 Å². The third-order valence-electron chi connectivity index (χ3n) is 6.98. The number of aryl methyl sites for hydroxylation is 1. The fourth-order valence-electron chi connectivity index (χ4n) is 4.91. The van der Waals surface area contributed by atoms with Crippen molar-refractivity contribution in [1.29, 1.82) is 0 Å². The van der Waals surface area contributed by atoms with Crippen LogP contribution in [0.5, 0.6) is 5.75 Å². The highest BCUT2D eigenvalue weighted by atomic mass is 19.1. The summed E-state index contributed by atoms with van der Waals surface area (Å²) < 4.78 is 22.6. The van der Waals surface area contributed by atoms with Gasteiger partial charge in [0.15, 0.2) is 0 Å². The van der Waals surface area contributed by atoms with Crippen molar-refractivity contribution in [3.8, 4) is 16.9 Å². The van der Waals surface area contributed by atoms with Crippen LogP contribution in [0.4, 0.5) is 10.1 Å². The van der Waals surface area contributed by atoms with E-state index in [1.807, 2.05) is 31.2 Å². The number of benzene rings is 2. The number of likely N-dealkylation sites (tertiary alicyclic amines) is 1. The van der Waals surface area contributed by atoms with Gasteiger partial charge in [0.05, 0.1) is 6.20 Å². The quantitative estimate of drug-likeness (QED) is 0.525. The molecular weight excluding hydrogens is 457 g/mol. The molecule has 1 fully saturated rings. The van der Waals surface area contributed by atoms with Crippen LogP contribution in [0.15, 0.2) is 53.8 Å². The maximum atomic E-state index is 15.1. The van der Waals surface area contributed by atoms with Crippen molar-refractivity contribution in [3.05, 3.63) is 65.7 Å². The van der Waals surface area contributed by atoms with E-state index < -0.39 is 0 Å². The van der Waals surface area contributed by atoms with Crippen LogP contribution in [0.25, 0.3) is 11.1 Å². The molecule has 2 aliphatic heterocycles. The number of fused-ring (bicyclic) bond motifs is 1. The molecule has 188 valence electrons. The summed E-state index contributed by atoms with van der Waals surface area (Å²) in [6, 6.07) is 10.7. The minimum Gasteiger partial charge on any atom is -0.492 e. The molecule has 3 heterocycles. The molecule has 2 aromatic carbocycles. The highest BCUT2D eigenvalue weighted by Gasteiger charge is 2.26. The van der Waals surface area contributed by atoms with Crippen molar-refractivity contribution >= 4 is 17.3 Å². The summed E-state index contributed by atoms with van der Waals surface area (Å²) in [6.45, 7) is 6.42. The van der Waals surface area contributed by atoms with Crippen molar-refractivity contribution in [1.82, 2.24) is 14.7 Å². The lowest BCUT2D eigenvalue weighted by atomic mass is 9.89. The van der Waals surface area contributed by atoms with Crippen LogP contribution in [-0.2, 0) is 11.8 Å². The number of nitrogens with one attached hydrogen (secondary N) is 1. The van der Waals surface area contributed by atoms with Gasteiger partial charge < -0.3 is 10.1 Å². The van der Waals surface area contributed by atoms with E-state index in [1.54, 1.807) is 36.3 Å². The van der Waals surface area contributed by atoms with E-state index in [-0.39, 0.29) is 17.6 Å². The average molecular weight is 490 g/mol. The van der Waals surface area contributed by atoms with E-state index in [1.165, 1.54) is 12.8 Å². The molecule has 0 radical (unpaired) electrons. The highest BCUT2D eigenvalue weighted by Crippen LogP contribution is 2.33. The second-order valence-corrected chi connectivity index (χ2v) is 9.62. The Bertz CT molecular complexity index is 1260. The molecule has 0 saturated carbocycles. The van der Waals surface area contributed by atoms with E-state index in [2.05, 4.69) is 20.3 Å². The molecule has 2 aliphatic rings. The lowest BCUT2D eigenvalue weighted by Gasteiger charge is -2.16. The number of carbonyl (C=O) groups is 1. The Morgan fingerprint density at radius 2 is 1.94 bits per heavy atom. The van der Waals surface area contributed by atoms with Crippen molar-refractivity contribution < 1.29 is 13.9 Å². The minimum absolute atomic E-state index is 0.0866. The molecular formula is C28H32FN5O2.